The van der Waals surface area contributed by atoms with E-state index >= 15 is 0 Å². The molecule has 10 aromatic rings. The van der Waals surface area contributed by atoms with Crippen molar-refractivity contribution >= 4 is 22.7 Å². The van der Waals surface area contributed by atoms with Crippen LogP contribution in [0.3, 0.4) is 0 Å². The Morgan fingerprint density at radius 1 is 0.333 bits per heavy atom. The summed E-state index contributed by atoms with van der Waals surface area (Å²) in [6.07, 6.45) is 1.85. The molecule has 4 nitrogen and oxygen atoms in total. The summed E-state index contributed by atoms with van der Waals surface area (Å²) in [4.78, 5) is 22.4. The van der Waals surface area contributed by atoms with Gasteiger partial charge in [0.05, 0.1) is 10.9 Å². The molecule has 0 saturated carbocycles. The molecule has 60 heavy (non-hydrogen) atoms. The summed E-state index contributed by atoms with van der Waals surface area (Å²) in [5.41, 5.74) is 15.6. The maximum atomic E-state index is 5.14. The Morgan fingerprint density at radius 3 is 1.48 bits per heavy atom. The highest BCUT2D eigenvalue weighted by molar-refractivity contribution is 7.99. The molecule has 0 atom stereocenters. The summed E-state index contributed by atoms with van der Waals surface area (Å²) in [7, 11) is 0. The highest BCUT2D eigenvalue weighted by atomic mass is 32.2. The van der Waals surface area contributed by atoms with Crippen LogP contribution in [0.2, 0.25) is 0 Å². The smallest absolute Gasteiger partial charge is 0.164 e. The molecule has 0 radical (unpaired) electrons. The molecule has 12 rings (SSSR count). The van der Waals surface area contributed by atoms with Gasteiger partial charge < -0.3 is 0 Å². The van der Waals surface area contributed by atoms with Gasteiger partial charge in [-0.2, -0.15) is 0 Å². The fraction of sp³-hybridized carbons (Fsp3) is 0.0182. The fourth-order valence-corrected chi connectivity index (χ4v) is 10.6. The largest absolute Gasteiger partial charge is 0.256 e. The second kappa shape index (κ2) is 13.8. The van der Waals surface area contributed by atoms with Crippen molar-refractivity contribution in [2.45, 2.75) is 15.2 Å². The third-order valence-corrected chi connectivity index (χ3v) is 13.2. The van der Waals surface area contributed by atoms with E-state index in [9.17, 15) is 0 Å². The molecule has 0 saturated heterocycles. The van der Waals surface area contributed by atoms with Gasteiger partial charge in [-0.15, -0.1) is 0 Å². The number of rotatable bonds is 5. The van der Waals surface area contributed by atoms with Gasteiger partial charge in [0.25, 0.3) is 0 Å². The van der Waals surface area contributed by atoms with E-state index < -0.39 is 5.41 Å². The minimum atomic E-state index is -0.504. The van der Waals surface area contributed by atoms with Gasteiger partial charge in [-0.3, -0.25) is 4.98 Å². The molecule has 0 bridgehead atoms. The molecule has 280 valence electrons. The SMILES string of the molecule is c1ccc(-c2nc(-c3ccccc3)nc(-c3ccc4c(c3)-c3cc(-c5ccc(-c6cccc7ncccc67)cc5)ccc3C43c4ccccc4Sc4ccccc43)n2)cc1. The van der Waals surface area contributed by atoms with E-state index in [1.54, 1.807) is 0 Å². The standard InChI is InChI=1S/C55H34N4S/c1-3-13-37(14-4-1)52-57-53(38-15-5-2-6-16-38)59-54(58-52)40-29-31-46-44(34-40)43-33-39(35-24-26-36(27-25-35)41-17-11-21-49-42(41)18-12-32-56-49)28-30-45(43)55(46)47-19-7-9-22-50(47)60-51-23-10-8-20-48(51)55/h1-34H. The van der Waals surface area contributed by atoms with Crippen LogP contribution in [0, 0.1) is 0 Å². The Hall–Kier alpha value is -7.47. The van der Waals surface area contributed by atoms with E-state index in [2.05, 4.69) is 163 Å². The van der Waals surface area contributed by atoms with Gasteiger partial charge in [0.15, 0.2) is 17.5 Å². The molecular formula is C55H34N4S. The van der Waals surface area contributed by atoms with Crippen LogP contribution in [0.5, 0.6) is 0 Å². The molecule has 1 aliphatic heterocycles. The maximum Gasteiger partial charge on any atom is 0.164 e. The highest BCUT2D eigenvalue weighted by Gasteiger charge is 2.50. The lowest BCUT2D eigenvalue weighted by Gasteiger charge is -2.39. The minimum absolute atomic E-state index is 0.504. The number of nitrogens with zero attached hydrogens (tertiary/aromatic N) is 4. The summed E-state index contributed by atoms with van der Waals surface area (Å²) >= 11 is 1.86. The van der Waals surface area contributed by atoms with Crippen LogP contribution >= 0.6 is 11.8 Å². The van der Waals surface area contributed by atoms with Gasteiger partial charge in [-0.05, 0) is 92.0 Å². The number of aromatic nitrogens is 4. The van der Waals surface area contributed by atoms with E-state index in [1.165, 1.54) is 54.3 Å². The van der Waals surface area contributed by atoms with Crippen molar-refractivity contribution in [3.63, 3.8) is 0 Å². The molecule has 0 amide bonds. The first-order valence-corrected chi connectivity index (χ1v) is 21.0. The molecule has 2 aliphatic rings. The second-order valence-electron chi connectivity index (χ2n) is 15.4. The average molecular weight is 783 g/mol. The fourth-order valence-electron chi connectivity index (χ4n) is 9.36. The lowest BCUT2D eigenvalue weighted by Crippen LogP contribution is -2.31. The molecule has 3 heterocycles. The summed E-state index contributed by atoms with van der Waals surface area (Å²) in [6.45, 7) is 0. The Labute approximate surface area is 352 Å². The number of hydrogen-bond acceptors (Lipinski definition) is 5. The third-order valence-electron chi connectivity index (χ3n) is 12.1. The van der Waals surface area contributed by atoms with Crippen LogP contribution in [-0.4, -0.2) is 19.9 Å². The zero-order valence-corrected chi connectivity index (χ0v) is 33.1. The van der Waals surface area contributed by atoms with Crippen molar-refractivity contribution in [3.8, 4) is 67.5 Å². The molecule has 2 aromatic heterocycles. The van der Waals surface area contributed by atoms with Crippen LogP contribution in [-0.2, 0) is 5.41 Å². The normalized spacial score (nSPS) is 13.1. The van der Waals surface area contributed by atoms with Crippen molar-refractivity contribution in [2.75, 3.05) is 0 Å². The van der Waals surface area contributed by atoms with E-state index in [4.69, 9.17) is 15.0 Å². The van der Waals surface area contributed by atoms with Crippen molar-refractivity contribution in [1.82, 2.24) is 19.9 Å². The third kappa shape index (κ3) is 5.40. The zero-order valence-electron chi connectivity index (χ0n) is 32.3. The molecule has 5 heteroatoms. The summed E-state index contributed by atoms with van der Waals surface area (Å²) in [6, 6.07) is 71.6. The topological polar surface area (TPSA) is 51.6 Å². The summed E-state index contributed by atoms with van der Waals surface area (Å²) in [5, 5.41) is 1.15. The second-order valence-corrected chi connectivity index (χ2v) is 16.4. The number of pyridine rings is 1. The number of benzene rings is 8. The highest BCUT2D eigenvalue weighted by Crippen LogP contribution is 2.62. The van der Waals surface area contributed by atoms with Gasteiger partial charge in [0.2, 0.25) is 0 Å². The molecule has 1 aliphatic carbocycles. The molecular weight excluding hydrogens is 749 g/mol. The Kier molecular flexibility index (Phi) is 7.97. The lowest BCUT2D eigenvalue weighted by molar-refractivity contribution is 0.722. The van der Waals surface area contributed by atoms with Crippen molar-refractivity contribution < 1.29 is 0 Å². The first-order valence-electron chi connectivity index (χ1n) is 20.2. The van der Waals surface area contributed by atoms with Crippen LogP contribution in [0.15, 0.2) is 216 Å². The summed E-state index contributed by atoms with van der Waals surface area (Å²) < 4.78 is 0. The molecule has 0 fully saturated rings. The van der Waals surface area contributed by atoms with Crippen LogP contribution in [0.25, 0.3) is 78.4 Å². The first-order chi connectivity index (χ1) is 29.7. The quantitative estimate of drug-likeness (QED) is 0.174. The van der Waals surface area contributed by atoms with Gasteiger partial charge >= 0.3 is 0 Å². The van der Waals surface area contributed by atoms with Crippen LogP contribution in [0.4, 0.5) is 0 Å². The molecule has 0 unspecified atom stereocenters. The monoisotopic (exact) mass is 782 g/mol. The van der Waals surface area contributed by atoms with E-state index in [0.717, 1.165) is 38.7 Å². The average Bonchev–Trinajstić information content (AvgIpc) is 3.61. The van der Waals surface area contributed by atoms with Gasteiger partial charge in [0.1, 0.15) is 0 Å². The predicted octanol–water partition coefficient (Wildman–Crippen LogP) is 13.6. The predicted molar refractivity (Wildman–Crippen MR) is 244 cm³/mol. The first kappa shape index (κ1) is 34.6. The van der Waals surface area contributed by atoms with Crippen molar-refractivity contribution in [1.29, 1.82) is 0 Å². The Bertz CT molecular complexity index is 3180. The molecule has 0 N–H and O–H groups in total. The van der Waals surface area contributed by atoms with Gasteiger partial charge in [-0.1, -0.05) is 176 Å². The molecule has 8 aromatic carbocycles. The lowest BCUT2D eigenvalue weighted by atomic mass is 9.67. The van der Waals surface area contributed by atoms with Crippen molar-refractivity contribution in [3.05, 3.63) is 229 Å². The Balaban J connectivity index is 1.06. The Morgan fingerprint density at radius 2 is 0.850 bits per heavy atom. The van der Waals surface area contributed by atoms with Gasteiger partial charge in [-0.25, -0.2) is 15.0 Å². The minimum Gasteiger partial charge on any atom is -0.256 e. The molecule has 1 spiro atoms. The summed E-state index contributed by atoms with van der Waals surface area (Å²) in [5.74, 6) is 1.94. The number of hydrogen-bond donors (Lipinski definition) is 0. The van der Waals surface area contributed by atoms with Crippen LogP contribution < -0.4 is 0 Å². The van der Waals surface area contributed by atoms with E-state index in [0.29, 0.717) is 17.5 Å². The number of fused-ring (bicyclic) bond motifs is 10. The van der Waals surface area contributed by atoms with Crippen molar-refractivity contribution in [2.24, 2.45) is 0 Å². The maximum absolute atomic E-state index is 5.14. The zero-order chi connectivity index (χ0) is 39.6. The van der Waals surface area contributed by atoms with Crippen LogP contribution in [0.1, 0.15) is 22.3 Å². The van der Waals surface area contributed by atoms with E-state index in [1.807, 2.05) is 60.4 Å². The van der Waals surface area contributed by atoms with E-state index in [-0.39, 0.29) is 0 Å². The van der Waals surface area contributed by atoms with Gasteiger partial charge in [0, 0.05) is 38.1 Å².